The van der Waals surface area contributed by atoms with E-state index in [1.807, 2.05) is 56.1 Å². The molecule has 0 spiro atoms. The van der Waals surface area contributed by atoms with Gasteiger partial charge < -0.3 is 4.57 Å². The van der Waals surface area contributed by atoms with E-state index >= 15 is 0 Å². The molecule has 0 N–H and O–H groups in total. The number of rotatable bonds is 4. The van der Waals surface area contributed by atoms with Crippen LogP contribution in [0.5, 0.6) is 0 Å². The number of Topliss-reactive ketones (excluding diaryl/α,β-unsaturated/α-hetero) is 1. The molecule has 0 aliphatic heterocycles. The van der Waals surface area contributed by atoms with Crippen LogP contribution in [0, 0.1) is 13.8 Å². The zero-order valence-electron chi connectivity index (χ0n) is 10.8. The van der Waals surface area contributed by atoms with Gasteiger partial charge in [-0.1, -0.05) is 11.8 Å². The predicted octanol–water partition coefficient (Wildman–Crippen LogP) is 3.01. The second kappa shape index (κ2) is 5.40. The summed E-state index contributed by atoms with van der Waals surface area (Å²) in [5.74, 6) is 0.571. The van der Waals surface area contributed by atoms with Gasteiger partial charge in [0.15, 0.2) is 5.78 Å². The molecule has 0 aliphatic rings. The van der Waals surface area contributed by atoms with Crippen LogP contribution in [0.15, 0.2) is 35.6 Å². The molecule has 0 saturated heterocycles. The molecule has 0 amide bonds. The molecule has 0 unspecified atom stereocenters. The normalized spacial score (nSPS) is 10.6. The van der Waals surface area contributed by atoms with Crippen LogP contribution in [0.3, 0.4) is 0 Å². The van der Waals surface area contributed by atoms with Gasteiger partial charge in [0.1, 0.15) is 0 Å². The van der Waals surface area contributed by atoms with Gasteiger partial charge >= 0.3 is 0 Å². The van der Waals surface area contributed by atoms with E-state index in [0.717, 1.165) is 16.3 Å². The molecular weight excluding hydrogens is 244 g/mol. The second-order valence-electron chi connectivity index (χ2n) is 4.40. The van der Waals surface area contributed by atoms with Crippen molar-refractivity contribution >= 4 is 17.5 Å². The maximum Gasteiger partial charge on any atom is 0.174 e. The zero-order valence-corrected chi connectivity index (χ0v) is 11.6. The van der Waals surface area contributed by atoms with Crippen LogP contribution >= 0.6 is 11.8 Å². The number of aryl methyl sites for hydroxylation is 3. The van der Waals surface area contributed by atoms with Gasteiger partial charge in [0.2, 0.25) is 0 Å². The van der Waals surface area contributed by atoms with Crippen molar-refractivity contribution in [3.8, 4) is 0 Å². The van der Waals surface area contributed by atoms with Crippen LogP contribution in [-0.4, -0.2) is 21.1 Å². The Morgan fingerprint density at radius 3 is 2.78 bits per heavy atom. The first-order valence-electron chi connectivity index (χ1n) is 5.78. The lowest BCUT2D eigenvalue weighted by atomic mass is 10.2. The van der Waals surface area contributed by atoms with Crippen LogP contribution in [0.25, 0.3) is 0 Å². The smallest absolute Gasteiger partial charge is 0.174 e. The van der Waals surface area contributed by atoms with Crippen LogP contribution < -0.4 is 0 Å². The molecule has 0 radical (unpaired) electrons. The van der Waals surface area contributed by atoms with Crippen LogP contribution in [0.1, 0.15) is 21.6 Å². The van der Waals surface area contributed by atoms with E-state index in [-0.39, 0.29) is 5.78 Å². The highest BCUT2D eigenvalue weighted by Crippen LogP contribution is 2.19. The van der Waals surface area contributed by atoms with Gasteiger partial charge in [-0.2, -0.15) is 0 Å². The molecule has 0 aromatic carbocycles. The molecular formula is C14H16N2OS. The van der Waals surface area contributed by atoms with Crippen molar-refractivity contribution in [2.75, 3.05) is 5.75 Å². The summed E-state index contributed by atoms with van der Waals surface area (Å²) in [7, 11) is 1.91. The Bertz CT molecular complexity index is 555. The molecule has 4 heteroatoms. The summed E-state index contributed by atoms with van der Waals surface area (Å²) < 4.78 is 1.88. The van der Waals surface area contributed by atoms with Gasteiger partial charge in [-0.05, 0) is 37.6 Å². The van der Waals surface area contributed by atoms with E-state index in [4.69, 9.17) is 0 Å². The molecule has 0 bridgehead atoms. The van der Waals surface area contributed by atoms with Crippen molar-refractivity contribution in [2.24, 2.45) is 7.05 Å². The van der Waals surface area contributed by atoms with Crippen molar-refractivity contribution in [3.63, 3.8) is 0 Å². The summed E-state index contributed by atoms with van der Waals surface area (Å²) in [6.07, 6.45) is 3.73. The Morgan fingerprint density at radius 1 is 1.39 bits per heavy atom. The average molecular weight is 260 g/mol. The van der Waals surface area contributed by atoms with Gasteiger partial charge in [0, 0.05) is 30.7 Å². The minimum Gasteiger partial charge on any atom is -0.357 e. The molecule has 2 rings (SSSR count). The summed E-state index contributed by atoms with van der Waals surface area (Å²) in [6, 6.07) is 5.89. The van der Waals surface area contributed by atoms with E-state index in [2.05, 4.69) is 4.98 Å². The highest BCUT2D eigenvalue weighted by molar-refractivity contribution is 7.99. The Balaban J connectivity index is 2.01. The molecule has 0 saturated carbocycles. The zero-order chi connectivity index (χ0) is 13.1. The number of pyridine rings is 1. The number of ketones is 1. The topological polar surface area (TPSA) is 34.9 Å². The molecule has 0 aliphatic carbocycles. The van der Waals surface area contributed by atoms with Crippen LogP contribution in [0.4, 0.5) is 0 Å². The fraction of sp³-hybridized carbons (Fsp3) is 0.286. The summed E-state index contributed by atoms with van der Waals surface area (Å²) in [5.41, 5.74) is 2.93. The van der Waals surface area contributed by atoms with Crippen molar-refractivity contribution in [3.05, 3.63) is 47.4 Å². The predicted molar refractivity (Wildman–Crippen MR) is 74.2 cm³/mol. The minimum absolute atomic E-state index is 0.140. The highest BCUT2D eigenvalue weighted by atomic mass is 32.2. The molecule has 0 atom stereocenters. The van der Waals surface area contributed by atoms with Crippen molar-refractivity contribution in [1.29, 1.82) is 0 Å². The van der Waals surface area contributed by atoms with Gasteiger partial charge in [0.25, 0.3) is 0 Å². The summed E-state index contributed by atoms with van der Waals surface area (Å²) in [4.78, 5) is 16.3. The van der Waals surface area contributed by atoms with E-state index in [9.17, 15) is 4.79 Å². The number of hydrogen-bond donors (Lipinski definition) is 0. The lowest BCUT2D eigenvalue weighted by Gasteiger charge is -2.03. The van der Waals surface area contributed by atoms with E-state index in [1.54, 1.807) is 0 Å². The molecule has 2 aromatic heterocycles. The minimum atomic E-state index is 0.140. The molecule has 18 heavy (non-hydrogen) atoms. The first-order chi connectivity index (χ1) is 8.54. The first kappa shape index (κ1) is 12.9. The third-order valence-electron chi connectivity index (χ3n) is 2.58. The molecule has 2 aromatic rings. The number of thioether (sulfide) groups is 1. The Labute approximate surface area is 111 Å². The number of carbonyl (C=O) groups excluding carboxylic acids is 1. The third kappa shape index (κ3) is 3.23. The average Bonchev–Trinajstić information content (AvgIpc) is 2.71. The molecule has 3 nitrogen and oxygen atoms in total. The first-order valence-corrected chi connectivity index (χ1v) is 6.76. The van der Waals surface area contributed by atoms with Crippen LogP contribution in [-0.2, 0) is 7.05 Å². The Kier molecular flexibility index (Phi) is 3.87. The van der Waals surface area contributed by atoms with Crippen molar-refractivity contribution < 1.29 is 4.79 Å². The Morgan fingerprint density at radius 2 is 2.17 bits per heavy atom. The molecule has 0 fully saturated rings. The van der Waals surface area contributed by atoms with E-state index in [1.165, 1.54) is 17.3 Å². The van der Waals surface area contributed by atoms with Crippen LogP contribution in [0.2, 0.25) is 0 Å². The van der Waals surface area contributed by atoms with Gasteiger partial charge in [0.05, 0.1) is 10.8 Å². The Hall–Kier alpha value is -1.55. The van der Waals surface area contributed by atoms with Gasteiger partial charge in [-0.25, -0.2) is 4.98 Å². The fourth-order valence-electron chi connectivity index (χ4n) is 1.77. The van der Waals surface area contributed by atoms with Crippen molar-refractivity contribution in [2.45, 2.75) is 18.9 Å². The maximum atomic E-state index is 11.9. The summed E-state index contributed by atoms with van der Waals surface area (Å²) in [5, 5.41) is 0.914. The third-order valence-corrected chi connectivity index (χ3v) is 3.49. The number of aromatic nitrogens is 2. The number of nitrogens with zero attached hydrogens (tertiary/aromatic N) is 2. The molecule has 94 valence electrons. The quantitative estimate of drug-likeness (QED) is 0.626. The monoisotopic (exact) mass is 260 g/mol. The number of carbonyl (C=O) groups is 1. The second-order valence-corrected chi connectivity index (χ2v) is 5.40. The van der Waals surface area contributed by atoms with Gasteiger partial charge in [-0.15, -0.1) is 0 Å². The van der Waals surface area contributed by atoms with E-state index < -0.39 is 0 Å². The largest absolute Gasteiger partial charge is 0.357 e. The van der Waals surface area contributed by atoms with Gasteiger partial charge in [-0.3, -0.25) is 4.79 Å². The summed E-state index contributed by atoms with van der Waals surface area (Å²) in [6.45, 7) is 4.01. The number of hydrogen-bond acceptors (Lipinski definition) is 3. The standard InChI is InChI=1S/C14H16N2OS/c1-10-6-11(2)15-14(7-10)18-9-13(17)12-4-5-16(3)8-12/h4-8H,9H2,1-3H3. The lowest BCUT2D eigenvalue weighted by Crippen LogP contribution is -2.01. The molecule has 2 heterocycles. The fourth-order valence-corrected chi connectivity index (χ4v) is 2.69. The SMILES string of the molecule is Cc1cc(C)nc(SCC(=O)c2ccn(C)c2)c1. The lowest BCUT2D eigenvalue weighted by molar-refractivity contribution is 0.102. The maximum absolute atomic E-state index is 11.9. The highest BCUT2D eigenvalue weighted by Gasteiger charge is 2.08. The van der Waals surface area contributed by atoms with E-state index in [0.29, 0.717) is 5.75 Å². The van der Waals surface area contributed by atoms with Crippen molar-refractivity contribution in [1.82, 2.24) is 9.55 Å². The summed E-state index contributed by atoms with van der Waals surface area (Å²) >= 11 is 1.49.